The number of ether oxygens (including phenoxy) is 1. The smallest absolute Gasteiger partial charge is 0.258 e. The molecule has 0 heterocycles. The van der Waals surface area contributed by atoms with Crippen molar-refractivity contribution in [2.45, 2.75) is 33.7 Å². The molecular weight excluding hydrogens is 294 g/mol. The second kappa shape index (κ2) is 6.23. The molecule has 0 aromatic heterocycles. The topological polar surface area (TPSA) is 38.3 Å². The molecule has 1 amide bonds. The fraction of sp³-hybridized carbons (Fsp3) is 0.500. The molecule has 4 heteroatoms. The van der Waals surface area contributed by atoms with Crippen LogP contribution in [-0.4, -0.2) is 18.6 Å². The molecule has 1 rings (SSSR count). The zero-order valence-corrected chi connectivity index (χ0v) is 12.9. The van der Waals surface area contributed by atoms with E-state index in [1.807, 2.05) is 31.2 Å². The molecule has 3 nitrogen and oxygen atoms in total. The molecule has 0 fully saturated rings. The Balaban J connectivity index is 2.40. The molecule has 100 valence electrons. The number of hydrogen-bond donors (Lipinski definition) is 1. The first-order valence-corrected chi connectivity index (χ1v) is 6.76. The van der Waals surface area contributed by atoms with E-state index >= 15 is 0 Å². The highest BCUT2D eigenvalue weighted by atomic mass is 79.9. The van der Waals surface area contributed by atoms with Gasteiger partial charge in [0.15, 0.2) is 6.61 Å². The first kappa shape index (κ1) is 15.0. The first-order chi connectivity index (χ1) is 8.29. The summed E-state index contributed by atoms with van der Waals surface area (Å²) in [5.41, 5.74) is 0.0489. The minimum atomic E-state index is -0.0969. The van der Waals surface area contributed by atoms with Crippen LogP contribution in [-0.2, 0) is 4.79 Å². The average molecular weight is 314 g/mol. The SMILES string of the molecule is CC(NC(=O)COc1ccc(Br)cc1)C(C)(C)C. The Hall–Kier alpha value is -1.03. The minimum absolute atomic E-state index is 0.0437. The number of carbonyl (C=O) groups excluding carboxylic acids is 1. The van der Waals surface area contributed by atoms with Crippen LogP contribution in [0.1, 0.15) is 27.7 Å². The monoisotopic (exact) mass is 313 g/mol. The van der Waals surface area contributed by atoms with E-state index in [2.05, 4.69) is 42.0 Å². The molecule has 0 spiro atoms. The van der Waals surface area contributed by atoms with Crippen LogP contribution in [0.25, 0.3) is 0 Å². The van der Waals surface area contributed by atoms with Crippen molar-refractivity contribution in [1.29, 1.82) is 0 Å². The average Bonchev–Trinajstić information content (AvgIpc) is 2.27. The molecule has 1 unspecified atom stereocenters. The lowest BCUT2D eigenvalue weighted by Crippen LogP contribution is -2.43. The zero-order chi connectivity index (χ0) is 13.8. The summed E-state index contributed by atoms with van der Waals surface area (Å²) in [5.74, 6) is 0.595. The van der Waals surface area contributed by atoms with Crippen molar-refractivity contribution < 1.29 is 9.53 Å². The summed E-state index contributed by atoms with van der Waals surface area (Å²) in [4.78, 5) is 11.7. The number of rotatable bonds is 4. The molecule has 1 atom stereocenters. The Bertz CT molecular complexity index is 395. The molecule has 0 saturated heterocycles. The van der Waals surface area contributed by atoms with E-state index in [-0.39, 0.29) is 24.0 Å². The van der Waals surface area contributed by atoms with Crippen molar-refractivity contribution in [1.82, 2.24) is 5.32 Å². The molecule has 0 aliphatic heterocycles. The van der Waals surface area contributed by atoms with Crippen molar-refractivity contribution >= 4 is 21.8 Å². The van der Waals surface area contributed by atoms with Gasteiger partial charge in [-0.2, -0.15) is 0 Å². The van der Waals surface area contributed by atoms with Crippen molar-refractivity contribution in [2.24, 2.45) is 5.41 Å². The highest BCUT2D eigenvalue weighted by molar-refractivity contribution is 9.10. The molecular formula is C14H20BrNO2. The van der Waals surface area contributed by atoms with Gasteiger partial charge in [0.25, 0.3) is 5.91 Å². The number of benzene rings is 1. The summed E-state index contributed by atoms with van der Waals surface area (Å²) in [7, 11) is 0. The Morgan fingerprint density at radius 3 is 2.39 bits per heavy atom. The fourth-order valence-corrected chi connectivity index (χ4v) is 1.44. The van der Waals surface area contributed by atoms with Crippen molar-refractivity contribution in [3.05, 3.63) is 28.7 Å². The maximum atomic E-state index is 11.7. The number of nitrogens with one attached hydrogen (secondary N) is 1. The highest BCUT2D eigenvalue weighted by Crippen LogP contribution is 2.18. The summed E-state index contributed by atoms with van der Waals surface area (Å²) in [6.45, 7) is 8.31. The lowest BCUT2D eigenvalue weighted by Gasteiger charge is -2.28. The van der Waals surface area contributed by atoms with E-state index in [0.717, 1.165) is 4.47 Å². The van der Waals surface area contributed by atoms with Crippen LogP contribution in [0.2, 0.25) is 0 Å². The lowest BCUT2D eigenvalue weighted by atomic mass is 9.88. The molecule has 1 aromatic rings. The van der Waals surface area contributed by atoms with Gasteiger partial charge in [-0.1, -0.05) is 36.7 Å². The van der Waals surface area contributed by atoms with Gasteiger partial charge >= 0.3 is 0 Å². The fourth-order valence-electron chi connectivity index (χ4n) is 1.18. The molecule has 0 radical (unpaired) electrons. The molecule has 0 aliphatic carbocycles. The Morgan fingerprint density at radius 2 is 1.89 bits per heavy atom. The van der Waals surface area contributed by atoms with Crippen LogP contribution < -0.4 is 10.1 Å². The van der Waals surface area contributed by atoms with Gasteiger partial charge < -0.3 is 10.1 Å². The summed E-state index contributed by atoms with van der Waals surface area (Å²) in [6.07, 6.45) is 0. The van der Waals surface area contributed by atoms with E-state index in [1.165, 1.54) is 0 Å². The quantitative estimate of drug-likeness (QED) is 0.925. The maximum absolute atomic E-state index is 11.7. The van der Waals surface area contributed by atoms with Gasteiger partial charge in [0.1, 0.15) is 5.75 Å². The number of carbonyl (C=O) groups is 1. The number of amides is 1. The Kier molecular flexibility index (Phi) is 5.20. The lowest BCUT2D eigenvalue weighted by molar-refractivity contribution is -0.124. The summed E-state index contributed by atoms with van der Waals surface area (Å²) < 4.78 is 6.39. The summed E-state index contributed by atoms with van der Waals surface area (Å²) in [6, 6.07) is 7.52. The van der Waals surface area contributed by atoms with E-state index in [4.69, 9.17) is 4.74 Å². The largest absolute Gasteiger partial charge is 0.484 e. The second-order valence-electron chi connectivity index (χ2n) is 5.40. The number of halogens is 1. The Labute approximate surface area is 117 Å². The van der Waals surface area contributed by atoms with Gasteiger partial charge in [0, 0.05) is 10.5 Å². The predicted octanol–water partition coefficient (Wildman–Crippen LogP) is 3.38. The first-order valence-electron chi connectivity index (χ1n) is 5.97. The third-order valence-corrected chi connectivity index (χ3v) is 3.39. The van der Waals surface area contributed by atoms with Gasteiger partial charge in [-0.3, -0.25) is 4.79 Å². The molecule has 1 aromatic carbocycles. The van der Waals surface area contributed by atoms with E-state index in [0.29, 0.717) is 5.75 Å². The van der Waals surface area contributed by atoms with Crippen LogP contribution in [0.4, 0.5) is 0 Å². The molecule has 18 heavy (non-hydrogen) atoms. The van der Waals surface area contributed by atoms with Gasteiger partial charge in [-0.15, -0.1) is 0 Å². The summed E-state index contributed by atoms with van der Waals surface area (Å²) >= 11 is 3.35. The van der Waals surface area contributed by atoms with E-state index in [9.17, 15) is 4.79 Å². The highest BCUT2D eigenvalue weighted by Gasteiger charge is 2.21. The van der Waals surface area contributed by atoms with Gasteiger partial charge in [0.2, 0.25) is 0 Å². The minimum Gasteiger partial charge on any atom is -0.484 e. The standard InChI is InChI=1S/C14H20BrNO2/c1-10(14(2,3)4)16-13(17)9-18-12-7-5-11(15)6-8-12/h5-8,10H,9H2,1-4H3,(H,16,17). The van der Waals surface area contributed by atoms with Crippen molar-refractivity contribution in [3.8, 4) is 5.75 Å². The third kappa shape index (κ3) is 5.08. The van der Waals surface area contributed by atoms with Crippen LogP contribution in [0, 0.1) is 5.41 Å². The van der Waals surface area contributed by atoms with Crippen molar-refractivity contribution in [2.75, 3.05) is 6.61 Å². The van der Waals surface area contributed by atoms with Crippen LogP contribution >= 0.6 is 15.9 Å². The van der Waals surface area contributed by atoms with Crippen LogP contribution in [0.3, 0.4) is 0 Å². The van der Waals surface area contributed by atoms with Gasteiger partial charge in [-0.25, -0.2) is 0 Å². The van der Waals surface area contributed by atoms with Crippen LogP contribution in [0.5, 0.6) is 5.75 Å². The maximum Gasteiger partial charge on any atom is 0.258 e. The zero-order valence-electron chi connectivity index (χ0n) is 11.3. The van der Waals surface area contributed by atoms with Crippen LogP contribution in [0.15, 0.2) is 28.7 Å². The van der Waals surface area contributed by atoms with E-state index in [1.54, 1.807) is 0 Å². The molecule has 0 bridgehead atoms. The number of hydrogen-bond acceptors (Lipinski definition) is 2. The molecule has 1 N–H and O–H groups in total. The van der Waals surface area contributed by atoms with Crippen molar-refractivity contribution in [3.63, 3.8) is 0 Å². The molecule has 0 saturated carbocycles. The Morgan fingerprint density at radius 1 is 1.33 bits per heavy atom. The van der Waals surface area contributed by atoms with Gasteiger partial charge in [0.05, 0.1) is 0 Å². The van der Waals surface area contributed by atoms with Gasteiger partial charge in [-0.05, 0) is 36.6 Å². The summed E-state index contributed by atoms with van der Waals surface area (Å²) in [5, 5.41) is 2.93. The predicted molar refractivity (Wildman–Crippen MR) is 76.7 cm³/mol. The normalized spacial score (nSPS) is 12.9. The second-order valence-corrected chi connectivity index (χ2v) is 6.31. The third-order valence-electron chi connectivity index (χ3n) is 2.86. The van der Waals surface area contributed by atoms with E-state index < -0.39 is 0 Å². The molecule has 0 aliphatic rings.